The molecule has 110 valence electrons. The van der Waals surface area contributed by atoms with Gasteiger partial charge in [-0.3, -0.25) is 0 Å². The third-order valence-electron chi connectivity index (χ3n) is 3.52. The standard InChI is InChI=1S/C17H19NO3/c1-10-5-6-11(2)16(12(10)3)21-15-8-7-13(9-14(15)18)17(19)20-4/h5-9H,18H2,1-4H3. The van der Waals surface area contributed by atoms with Crippen LogP contribution in [0.1, 0.15) is 27.0 Å². The van der Waals surface area contributed by atoms with Crippen molar-refractivity contribution in [3.8, 4) is 11.5 Å². The summed E-state index contributed by atoms with van der Waals surface area (Å²) in [5, 5.41) is 0. The number of carbonyl (C=O) groups is 1. The summed E-state index contributed by atoms with van der Waals surface area (Å²) in [6.45, 7) is 6.03. The molecule has 4 heteroatoms. The fraction of sp³-hybridized carbons (Fsp3) is 0.235. The molecule has 0 aromatic heterocycles. The van der Waals surface area contributed by atoms with Crippen molar-refractivity contribution in [2.24, 2.45) is 0 Å². The molecule has 0 aliphatic heterocycles. The van der Waals surface area contributed by atoms with E-state index in [1.165, 1.54) is 7.11 Å². The topological polar surface area (TPSA) is 61.5 Å². The maximum atomic E-state index is 11.5. The third kappa shape index (κ3) is 2.99. The van der Waals surface area contributed by atoms with Crippen LogP contribution in [0.15, 0.2) is 30.3 Å². The number of ether oxygens (including phenoxy) is 2. The van der Waals surface area contributed by atoms with Crippen molar-refractivity contribution in [3.63, 3.8) is 0 Å². The van der Waals surface area contributed by atoms with Gasteiger partial charge in [-0.1, -0.05) is 12.1 Å². The van der Waals surface area contributed by atoms with E-state index in [0.717, 1.165) is 22.4 Å². The molecule has 4 nitrogen and oxygen atoms in total. The second-order valence-corrected chi connectivity index (χ2v) is 5.00. The van der Waals surface area contributed by atoms with Crippen molar-refractivity contribution in [2.75, 3.05) is 12.8 Å². The molecular formula is C17H19NO3. The lowest BCUT2D eigenvalue weighted by atomic mass is 10.1. The Morgan fingerprint density at radius 3 is 2.33 bits per heavy atom. The Bertz CT molecular complexity index is 693. The summed E-state index contributed by atoms with van der Waals surface area (Å²) in [5.74, 6) is 0.906. The van der Waals surface area contributed by atoms with Gasteiger partial charge in [-0.15, -0.1) is 0 Å². The van der Waals surface area contributed by atoms with Gasteiger partial charge in [0.2, 0.25) is 0 Å². The van der Waals surface area contributed by atoms with Gasteiger partial charge in [0.05, 0.1) is 18.4 Å². The van der Waals surface area contributed by atoms with Crippen molar-refractivity contribution in [1.82, 2.24) is 0 Å². The minimum atomic E-state index is -0.420. The molecule has 0 saturated carbocycles. The van der Waals surface area contributed by atoms with Crippen LogP contribution in [0.3, 0.4) is 0 Å². The van der Waals surface area contributed by atoms with Crippen molar-refractivity contribution in [2.45, 2.75) is 20.8 Å². The molecule has 2 N–H and O–H groups in total. The normalized spacial score (nSPS) is 10.3. The lowest BCUT2D eigenvalue weighted by Crippen LogP contribution is -2.03. The number of hydrogen-bond acceptors (Lipinski definition) is 4. The molecule has 0 aliphatic carbocycles. The Morgan fingerprint density at radius 2 is 1.71 bits per heavy atom. The van der Waals surface area contributed by atoms with Gasteiger partial charge in [0.15, 0.2) is 0 Å². The van der Waals surface area contributed by atoms with Crippen LogP contribution in [0.2, 0.25) is 0 Å². The molecule has 0 heterocycles. The lowest BCUT2D eigenvalue weighted by molar-refractivity contribution is 0.0601. The van der Waals surface area contributed by atoms with Crippen LogP contribution >= 0.6 is 0 Å². The third-order valence-corrected chi connectivity index (χ3v) is 3.52. The zero-order chi connectivity index (χ0) is 15.6. The fourth-order valence-corrected chi connectivity index (χ4v) is 2.08. The van der Waals surface area contributed by atoms with Crippen LogP contribution in [0, 0.1) is 20.8 Å². The maximum Gasteiger partial charge on any atom is 0.337 e. The summed E-state index contributed by atoms with van der Waals surface area (Å²) in [5.41, 5.74) is 10.0. The van der Waals surface area contributed by atoms with E-state index in [4.69, 9.17) is 10.5 Å². The van der Waals surface area contributed by atoms with Crippen molar-refractivity contribution < 1.29 is 14.3 Å². The molecule has 0 bridgehead atoms. The van der Waals surface area contributed by atoms with E-state index in [9.17, 15) is 4.79 Å². The minimum Gasteiger partial charge on any atom is -0.465 e. The van der Waals surface area contributed by atoms with Gasteiger partial charge in [-0.2, -0.15) is 0 Å². The Labute approximate surface area is 124 Å². The smallest absolute Gasteiger partial charge is 0.337 e. The van der Waals surface area contributed by atoms with Crippen molar-refractivity contribution in [1.29, 1.82) is 0 Å². The Balaban J connectivity index is 2.37. The molecule has 2 aromatic carbocycles. The number of anilines is 1. The Hall–Kier alpha value is -2.49. The van der Waals surface area contributed by atoms with E-state index in [0.29, 0.717) is 17.0 Å². The SMILES string of the molecule is COC(=O)c1ccc(Oc2c(C)ccc(C)c2C)c(N)c1. The minimum absolute atomic E-state index is 0.401. The largest absolute Gasteiger partial charge is 0.465 e. The first kappa shape index (κ1) is 14.9. The summed E-state index contributed by atoms with van der Waals surface area (Å²) in [4.78, 5) is 11.5. The van der Waals surface area contributed by atoms with Gasteiger partial charge >= 0.3 is 5.97 Å². The molecule has 0 aliphatic rings. The summed E-state index contributed by atoms with van der Waals surface area (Å²) >= 11 is 0. The van der Waals surface area contributed by atoms with Gasteiger partial charge in [-0.05, 0) is 55.7 Å². The zero-order valence-corrected chi connectivity index (χ0v) is 12.7. The number of benzene rings is 2. The molecule has 2 rings (SSSR count). The number of aryl methyl sites for hydroxylation is 2. The average Bonchev–Trinajstić information content (AvgIpc) is 2.48. The molecule has 0 unspecified atom stereocenters. The van der Waals surface area contributed by atoms with Gasteiger partial charge in [-0.25, -0.2) is 4.79 Å². The lowest BCUT2D eigenvalue weighted by Gasteiger charge is -2.15. The van der Waals surface area contributed by atoms with E-state index < -0.39 is 5.97 Å². The van der Waals surface area contributed by atoms with E-state index in [1.54, 1.807) is 18.2 Å². The average molecular weight is 285 g/mol. The van der Waals surface area contributed by atoms with Crippen LogP contribution in [0.25, 0.3) is 0 Å². The molecule has 0 amide bonds. The summed E-state index contributed by atoms with van der Waals surface area (Å²) in [7, 11) is 1.34. The maximum absolute atomic E-state index is 11.5. The van der Waals surface area contributed by atoms with E-state index >= 15 is 0 Å². The number of nitrogens with two attached hydrogens (primary N) is 1. The van der Waals surface area contributed by atoms with Gasteiger partial charge in [0, 0.05) is 0 Å². The number of esters is 1. The predicted molar refractivity (Wildman–Crippen MR) is 82.9 cm³/mol. The number of hydrogen-bond donors (Lipinski definition) is 1. The predicted octanol–water partition coefficient (Wildman–Crippen LogP) is 3.77. The van der Waals surface area contributed by atoms with Gasteiger partial charge in [0.25, 0.3) is 0 Å². The molecule has 0 spiro atoms. The molecule has 0 saturated heterocycles. The second-order valence-electron chi connectivity index (χ2n) is 5.00. The highest BCUT2D eigenvalue weighted by molar-refractivity contribution is 5.90. The molecular weight excluding hydrogens is 266 g/mol. The van der Waals surface area contributed by atoms with Crippen LogP contribution < -0.4 is 10.5 Å². The molecule has 21 heavy (non-hydrogen) atoms. The molecule has 0 atom stereocenters. The monoisotopic (exact) mass is 285 g/mol. The second kappa shape index (κ2) is 5.87. The summed E-state index contributed by atoms with van der Waals surface area (Å²) in [6, 6.07) is 8.94. The van der Waals surface area contributed by atoms with Crippen LogP contribution in [-0.4, -0.2) is 13.1 Å². The highest BCUT2D eigenvalue weighted by Gasteiger charge is 2.12. The molecule has 0 fully saturated rings. The Kier molecular flexibility index (Phi) is 4.17. The summed E-state index contributed by atoms with van der Waals surface area (Å²) < 4.78 is 10.6. The van der Waals surface area contributed by atoms with Crippen LogP contribution in [-0.2, 0) is 4.74 Å². The van der Waals surface area contributed by atoms with Crippen molar-refractivity contribution in [3.05, 3.63) is 52.6 Å². The van der Waals surface area contributed by atoms with Crippen molar-refractivity contribution >= 4 is 11.7 Å². The highest BCUT2D eigenvalue weighted by Crippen LogP contribution is 2.33. The molecule has 0 radical (unpaired) electrons. The quantitative estimate of drug-likeness (QED) is 0.688. The number of carbonyl (C=O) groups excluding carboxylic acids is 1. The Morgan fingerprint density at radius 1 is 1.05 bits per heavy atom. The van der Waals surface area contributed by atoms with Gasteiger partial charge < -0.3 is 15.2 Å². The van der Waals surface area contributed by atoms with Gasteiger partial charge in [0.1, 0.15) is 11.5 Å². The van der Waals surface area contributed by atoms with E-state index in [1.807, 2.05) is 26.8 Å². The molecule has 2 aromatic rings. The first-order valence-corrected chi connectivity index (χ1v) is 6.66. The highest BCUT2D eigenvalue weighted by atomic mass is 16.5. The van der Waals surface area contributed by atoms with Crippen LogP contribution in [0.4, 0.5) is 5.69 Å². The fourth-order valence-electron chi connectivity index (χ4n) is 2.08. The van der Waals surface area contributed by atoms with E-state index in [-0.39, 0.29) is 0 Å². The zero-order valence-electron chi connectivity index (χ0n) is 12.7. The van der Waals surface area contributed by atoms with E-state index in [2.05, 4.69) is 10.8 Å². The first-order chi connectivity index (χ1) is 9.93. The number of rotatable bonds is 3. The van der Waals surface area contributed by atoms with Crippen LogP contribution in [0.5, 0.6) is 11.5 Å². The number of methoxy groups -OCH3 is 1. The summed E-state index contributed by atoms with van der Waals surface area (Å²) in [6.07, 6.45) is 0. The number of nitrogen functional groups attached to an aromatic ring is 1. The first-order valence-electron chi connectivity index (χ1n) is 6.66.